The number of hydrogen-bond acceptors (Lipinski definition) is 3. The van der Waals surface area contributed by atoms with Crippen LogP contribution in [0.2, 0.25) is 0 Å². The minimum atomic E-state index is -0.285. The van der Waals surface area contributed by atoms with E-state index in [9.17, 15) is 4.79 Å². The van der Waals surface area contributed by atoms with E-state index in [0.717, 1.165) is 12.8 Å². The highest BCUT2D eigenvalue weighted by Gasteiger charge is 2.15. The number of methoxy groups -OCH3 is 1. The van der Waals surface area contributed by atoms with Crippen molar-refractivity contribution in [2.45, 2.75) is 40.5 Å². The summed E-state index contributed by atoms with van der Waals surface area (Å²) in [6.45, 7) is 12.1. The number of hydrogen-bond donors (Lipinski definition) is 0. The molecule has 0 unspecified atom stereocenters. The normalized spacial score (nSPS) is 10.1. The number of esters is 1. The van der Waals surface area contributed by atoms with Gasteiger partial charge in [-0.05, 0) is 18.8 Å². The van der Waals surface area contributed by atoms with Gasteiger partial charge in [0.15, 0.2) is 0 Å². The fourth-order valence-electron chi connectivity index (χ4n) is 0.720. The number of carbonyl (C=O) groups excluding carboxylic acids is 1. The smallest absolute Gasteiger partial charge is 0.333 e. The highest BCUT2D eigenvalue weighted by molar-refractivity contribution is 5.86. The fourth-order valence-corrected chi connectivity index (χ4v) is 0.720. The van der Waals surface area contributed by atoms with Crippen molar-refractivity contribution in [3.05, 3.63) is 12.2 Å². The first-order chi connectivity index (χ1) is 7.30. The molecule has 0 aliphatic rings. The summed E-state index contributed by atoms with van der Waals surface area (Å²) in [5.41, 5.74) is 0.726. The summed E-state index contributed by atoms with van der Waals surface area (Å²) in [5, 5.41) is 0. The summed E-state index contributed by atoms with van der Waals surface area (Å²) in [5.74, 6) is -0.285. The van der Waals surface area contributed by atoms with Crippen molar-refractivity contribution in [3.63, 3.8) is 0 Å². The summed E-state index contributed by atoms with van der Waals surface area (Å²) >= 11 is 0. The lowest BCUT2D eigenvalue weighted by Gasteiger charge is -2.21. The van der Waals surface area contributed by atoms with Gasteiger partial charge in [0.1, 0.15) is 0 Å². The largest absolute Gasteiger partial charge is 0.462 e. The van der Waals surface area contributed by atoms with Gasteiger partial charge in [0.05, 0.1) is 6.61 Å². The average molecular weight is 230 g/mol. The van der Waals surface area contributed by atoms with Crippen LogP contribution in [0, 0.1) is 5.41 Å². The minimum Gasteiger partial charge on any atom is -0.462 e. The highest BCUT2D eigenvalue weighted by atomic mass is 16.5. The number of carbonyl (C=O) groups is 1. The summed E-state index contributed by atoms with van der Waals surface area (Å²) in [7, 11) is 3.25. The third-order valence-corrected chi connectivity index (χ3v) is 2.32. The summed E-state index contributed by atoms with van der Waals surface area (Å²) in [6, 6.07) is 0. The molecule has 16 heavy (non-hydrogen) atoms. The number of rotatable bonds is 5. The van der Waals surface area contributed by atoms with Gasteiger partial charge in [-0.3, -0.25) is 0 Å². The molecule has 0 atom stereocenters. The van der Waals surface area contributed by atoms with Crippen molar-refractivity contribution in [1.82, 2.24) is 0 Å². The molecule has 0 amide bonds. The molecular weight excluding hydrogens is 204 g/mol. The Kier molecular flexibility index (Phi) is 10.3. The van der Waals surface area contributed by atoms with Gasteiger partial charge < -0.3 is 9.47 Å². The second-order valence-corrected chi connectivity index (χ2v) is 4.59. The molecule has 0 bridgehead atoms. The van der Waals surface area contributed by atoms with Gasteiger partial charge in [-0.2, -0.15) is 0 Å². The molecule has 96 valence electrons. The zero-order valence-electron chi connectivity index (χ0n) is 11.6. The van der Waals surface area contributed by atoms with Crippen molar-refractivity contribution in [2.24, 2.45) is 5.41 Å². The van der Waals surface area contributed by atoms with Crippen LogP contribution in [0.3, 0.4) is 0 Å². The predicted octanol–water partition coefficient (Wildman–Crippen LogP) is 3.19. The molecule has 0 saturated carbocycles. The van der Waals surface area contributed by atoms with E-state index in [-0.39, 0.29) is 11.4 Å². The third kappa shape index (κ3) is 11.2. The zero-order valence-corrected chi connectivity index (χ0v) is 11.6. The molecule has 0 heterocycles. The molecule has 0 aromatic carbocycles. The zero-order chi connectivity index (χ0) is 13.2. The van der Waals surface area contributed by atoms with Crippen LogP contribution in [0.15, 0.2) is 12.2 Å². The molecule has 0 aromatic rings. The van der Waals surface area contributed by atoms with Gasteiger partial charge in [0.25, 0.3) is 0 Å². The molecular formula is C13H26O3. The fraction of sp³-hybridized carbons (Fsp3) is 0.769. The van der Waals surface area contributed by atoms with Crippen LogP contribution in [-0.4, -0.2) is 26.8 Å². The summed E-state index contributed by atoms with van der Waals surface area (Å²) < 4.78 is 9.25. The van der Waals surface area contributed by atoms with E-state index in [4.69, 9.17) is 4.74 Å². The van der Waals surface area contributed by atoms with E-state index >= 15 is 0 Å². The monoisotopic (exact) mass is 230 g/mol. The second kappa shape index (κ2) is 9.40. The SMILES string of the molecule is C=C(C)C(=O)OCCC(C)(C)CC.COC. The van der Waals surface area contributed by atoms with Crippen LogP contribution in [0.1, 0.15) is 40.5 Å². The maximum atomic E-state index is 11.0. The predicted molar refractivity (Wildman–Crippen MR) is 67.4 cm³/mol. The first kappa shape index (κ1) is 17.6. The van der Waals surface area contributed by atoms with Gasteiger partial charge in [-0.15, -0.1) is 0 Å². The van der Waals surface area contributed by atoms with Gasteiger partial charge in [0, 0.05) is 19.8 Å². The molecule has 0 N–H and O–H groups in total. The Balaban J connectivity index is 0. The Labute approximate surface area is 99.8 Å². The van der Waals surface area contributed by atoms with Gasteiger partial charge in [0.2, 0.25) is 0 Å². The van der Waals surface area contributed by atoms with Gasteiger partial charge >= 0.3 is 5.97 Å². The lowest BCUT2D eigenvalue weighted by atomic mass is 9.87. The maximum absolute atomic E-state index is 11.0. The van der Waals surface area contributed by atoms with Crippen molar-refractivity contribution in [2.75, 3.05) is 20.8 Å². The van der Waals surface area contributed by atoms with Crippen molar-refractivity contribution in [1.29, 1.82) is 0 Å². The topological polar surface area (TPSA) is 35.5 Å². The summed E-state index contributed by atoms with van der Waals surface area (Å²) in [6.07, 6.45) is 2.00. The lowest BCUT2D eigenvalue weighted by molar-refractivity contribution is -0.139. The quantitative estimate of drug-likeness (QED) is 0.537. The molecule has 0 aliphatic heterocycles. The summed E-state index contributed by atoms with van der Waals surface area (Å²) in [4.78, 5) is 11.0. The lowest BCUT2D eigenvalue weighted by Crippen LogP contribution is -2.15. The van der Waals surface area contributed by atoms with Crippen LogP contribution < -0.4 is 0 Å². The molecule has 3 nitrogen and oxygen atoms in total. The molecule has 0 aromatic heterocycles. The standard InChI is InChI=1S/C11H20O2.C2H6O/c1-6-11(4,5)7-8-13-10(12)9(2)3;1-3-2/h2,6-8H2,1,3-5H3;1-2H3. The Morgan fingerprint density at radius 2 is 1.75 bits per heavy atom. The molecule has 0 fully saturated rings. The van der Waals surface area contributed by atoms with Crippen molar-refractivity contribution >= 4 is 5.97 Å². The van der Waals surface area contributed by atoms with Crippen LogP contribution in [-0.2, 0) is 14.3 Å². The molecule has 0 spiro atoms. The highest BCUT2D eigenvalue weighted by Crippen LogP contribution is 2.24. The van der Waals surface area contributed by atoms with E-state index in [2.05, 4.69) is 32.1 Å². The Morgan fingerprint density at radius 1 is 1.31 bits per heavy atom. The maximum Gasteiger partial charge on any atom is 0.333 e. The van der Waals surface area contributed by atoms with E-state index in [0.29, 0.717) is 12.2 Å². The molecule has 3 heteroatoms. The van der Waals surface area contributed by atoms with Gasteiger partial charge in [-0.1, -0.05) is 33.8 Å². The average Bonchev–Trinajstić information content (AvgIpc) is 2.18. The van der Waals surface area contributed by atoms with Crippen LogP contribution in [0.25, 0.3) is 0 Å². The van der Waals surface area contributed by atoms with Crippen molar-refractivity contribution < 1.29 is 14.3 Å². The molecule has 0 radical (unpaired) electrons. The van der Waals surface area contributed by atoms with Crippen LogP contribution in [0.4, 0.5) is 0 Å². The molecule has 0 saturated heterocycles. The third-order valence-electron chi connectivity index (χ3n) is 2.32. The minimum absolute atomic E-state index is 0.259. The Bertz CT molecular complexity index is 207. The molecule has 0 rings (SSSR count). The van der Waals surface area contributed by atoms with Crippen molar-refractivity contribution in [3.8, 4) is 0 Å². The van der Waals surface area contributed by atoms with Crippen LogP contribution in [0.5, 0.6) is 0 Å². The van der Waals surface area contributed by atoms with Crippen LogP contribution >= 0.6 is 0 Å². The Morgan fingerprint density at radius 3 is 2.06 bits per heavy atom. The molecule has 0 aliphatic carbocycles. The first-order valence-corrected chi connectivity index (χ1v) is 5.53. The number of ether oxygens (including phenoxy) is 2. The van der Waals surface area contributed by atoms with E-state index < -0.39 is 0 Å². The van der Waals surface area contributed by atoms with Gasteiger partial charge in [-0.25, -0.2) is 4.79 Å². The Hall–Kier alpha value is -0.830. The first-order valence-electron chi connectivity index (χ1n) is 5.53. The van der Waals surface area contributed by atoms with E-state index in [1.165, 1.54) is 0 Å². The second-order valence-electron chi connectivity index (χ2n) is 4.59. The van der Waals surface area contributed by atoms with E-state index in [1.807, 2.05) is 0 Å². The van der Waals surface area contributed by atoms with E-state index in [1.54, 1.807) is 21.1 Å².